The van der Waals surface area contributed by atoms with Crippen molar-refractivity contribution in [2.24, 2.45) is 17.4 Å². The summed E-state index contributed by atoms with van der Waals surface area (Å²) in [6, 6.07) is 17.8. The zero-order valence-corrected chi connectivity index (χ0v) is 74.1. The van der Waals surface area contributed by atoms with Crippen molar-refractivity contribution in [2.75, 3.05) is 168 Å². The molecule has 0 radical (unpaired) electrons. The number of amides is 13. The van der Waals surface area contributed by atoms with Crippen molar-refractivity contribution >= 4 is 133 Å². The number of aromatic hydroxyl groups is 1. The lowest BCUT2D eigenvalue weighted by molar-refractivity contribution is -0.148. The number of methoxy groups -OCH3 is 1. The van der Waals surface area contributed by atoms with Crippen LogP contribution in [0.2, 0.25) is 0 Å². The first kappa shape index (κ1) is 99.5. The number of carbonyl (C=O) groups excluding carboxylic acids is 13. The number of carboxylic acids is 2. The molecule has 3 aromatic rings. The van der Waals surface area contributed by atoms with Gasteiger partial charge in [0.25, 0.3) is 0 Å². The van der Waals surface area contributed by atoms with Gasteiger partial charge in [-0.25, -0.2) is 9.69 Å². The third-order valence-electron chi connectivity index (χ3n) is 21.5. The molecule has 3 aromatic carbocycles. The van der Waals surface area contributed by atoms with Crippen LogP contribution in [0.4, 0.5) is 5.69 Å². The molecule has 4 heterocycles. The van der Waals surface area contributed by atoms with E-state index < -0.39 is 146 Å². The van der Waals surface area contributed by atoms with Gasteiger partial charge in [-0.1, -0.05) is 48.0 Å². The van der Waals surface area contributed by atoms with Crippen molar-refractivity contribution in [3.63, 3.8) is 0 Å². The number of imide groups is 1. The fraction of sp³-hybridized carbons (Fsp3) is 0.540. The number of thioether (sulfide) groups is 1. The number of ether oxygens (including phenoxy) is 2. The van der Waals surface area contributed by atoms with Crippen LogP contribution >= 0.6 is 27.7 Å². The Morgan fingerprint density at radius 1 is 0.608 bits per heavy atom. The monoisotopic (exact) mass is 1820 g/mol. The van der Waals surface area contributed by atoms with Gasteiger partial charge in [0.15, 0.2) is 5.43 Å². The number of hydrogen-bond donors (Lipinski definition) is 7. The largest absolute Gasteiger partial charge is 0.508 e. The highest BCUT2D eigenvalue weighted by molar-refractivity contribution is 9.10. The van der Waals surface area contributed by atoms with E-state index in [1.54, 1.807) is 21.9 Å². The normalized spacial score (nSPS) is 14.2. The van der Waals surface area contributed by atoms with Gasteiger partial charge in [0, 0.05) is 157 Å². The topological polar surface area (TPSA) is 474 Å². The lowest BCUT2D eigenvalue weighted by Crippen LogP contribution is -2.53. The van der Waals surface area contributed by atoms with E-state index in [1.165, 1.54) is 89.9 Å². The Bertz CT molecular complexity index is 4670. The zero-order valence-electron chi connectivity index (χ0n) is 71.7. The summed E-state index contributed by atoms with van der Waals surface area (Å²) in [7, 11) is 1.45. The molecule has 1 unspecified atom stereocenters. The number of benzene rings is 4. The van der Waals surface area contributed by atoms with Gasteiger partial charge in [0.05, 0.1) is 81.4 Å². The molecule has 38 heteroatoms. The quantitative estimate of drug-likeness (QED) is 0.0165. The number of nitrogens with zero attached hydrogens (tertiary/aromatic N) is 10. The number of carbonyl (C=O) groups is 15. The van der Waals surface area contributed by atoms with E-state index in [0.29, 0.717) is 68.1 Å². The van der Waals surface area contributed by atoms with E-state index in [-0.39, 0.29) is 200 Å². The van der Waals surface area contributed by atoms with Gasteiger partial charge >= 0.3 is 11.9 Å². The van der Waals surface area contributed by atoms with Crippen LogP contribution in [-0.2, 0) is 83.0 Å². The Hall–Kier alpha value is -10.9. The number of halogens is 1. The molecule has 0 spiro atoms. The van der Waals surface area contributed by atoms with Gasteiger partial charge in [0.2, 0.25) is 76.8 Å². The molecular weight excluding hydrogens is 1710 g/mol. The predicted molar refractivity (Wildman–Crippen MR) is 467 cm³/mol. The summed E-state index contributed by atoms with van der Waals surface area (Å²) in [6.07, 6.45) is 3.34. The fourth-order valence-corrected chi connectivity index (χ4v) is 16.1. The number of carboxylic acid groups (broad SMARTS) is 2. The number of aliphatic carboxylic acids is 1. The molecule has 5 aliphatic rings. The molecule has 680 valence electrons. The van der Waals surface area contributed by atoms with Gasteiger partial charge < -0.3 is 95.4 Å². The van der Waals surface area contributed by atoms with E-state index in [1.807, 2.05) is 39.8 Å². The number of hydrogen-bond acceptors (Lipinski definition) is 23. The fourth-order valence-electron chi connectivity index (χ4n) is 14.7. The van der Waals surface area contributed by atoms with Crippen molar-refractivity contribution in [3.05, 3.63) is 105 Å². The van der Waals surface area contributed by atoms with Crippen molar-refractivity contribution in [1.82, 2.24) is 54.7 Å². The Balaban J connectivity index is 1.000. The first-order chi connectivity index (χ1) is 59.7. The second kappa shape index (κ2) is 49.7. The SMILES string of the molecule is COCCCN(CC(=O)N(CCc1ccc(Br)cc1)CC(=O)N(CCCCN)CC(=O)N[C@@H](CSC1CC(=O)N(c2ccc(-c3c4ccc(=O)cc-4oc4cc(O)ccc34)c(C(=O)O)c2)C1=O)C(N)=O)C(=O)CN(CCCOC(C)C)C(=O)CN(CCCN1CCCC1=O)C(=O)CN(CCCN1CCCC1=O)C(=O)CN(CCC(C)C)C(=O)CNCCC(=O)O. The first-order valence-electron chi connectivity index (χ1n) is 42.3. The molecule has 8 rings (SSSR count). The third kappa shape index (κ3) is 30.7. The van der Waals surface area contributed by atoms with Gasteiger partial charge in [0.1, 0.15) is 23.1 Å². The van der Waals surface area contributed by atoms with Crippen molar-refractivity contribution in [1.29, 1.82) is 0 Å². The van der Waals surface area contributed by atoms with Gasteiger partial charge in [-0.05, 0) is 150 Å². The highest BCUT2D eigenvalue weighted by Crippen LogP contribution is 2.43. The molecule has 36 nitrogen and oxygen atoms in total. The van der Waals surface area contributed by atoms with Crippen molar-refractivity contribution in [3.8, 4) is 28.2 Å². The number of aromatic carboxylic acids is 1. The number of unbranched alkanes of at least 4 members (excludes halogenated alkanes) is 1. The average Bonchev–Trinajstić information content (AvgIpc) is 0.870. The number of fused-ring (bicyclic) bond motifs is 2. The Morgan fingerprint density at radius 3 is 1.66 bits per heavy atom. The zero-order chi connectivity index (χ0) is 91.0. The van der Waals surface area contributed by atoms with Crippen LogP contribution in [0, 0.1) is 5.92 Å². The molecule has 4 aliphatic heterocycles. The molecule has 3 saturated heterocycles. The molecule has 0 aromatic heterocycles. The second-order valence-electron chi connectivity index (χ2n) is 31.8. The van der Waals surface area contributed by atoms with Crippen LogP contribution in [0.15, 0.2) is 92.5 Å². The predicted octanol–water partition coefficient (Wildman–Crippen LogP) is 3.84. The summed E-state index contributed by atoms with van der Waals surface area (Å²) in [4.78, 5) is 235. The summed E-state index contributed by atoms with van der Waals surface area (Å²) < 4.78 is 18.0. The lowest BCUT2D eigenvalue weighted by atomic mass is 9.90. The maximum absolute atomic E-state index is 15.3. The van der Waals surface area contributed by atoms with E-state index in [9.17, 15) is 72.9 Å². The molecule has 125 heavy (non-hydrogen) atoms. The van der Waals surface area contributed by atoms with Gasteiger partial charge in [-0.2, -0.15) is 0 Å². The summed E-state index contributed by atoms with van der Waals surface area (Å²) in [6.45, 7) is 4.66. The summed E-state index contributed by atoms with van der Waals surface area (Å²) >= 11 is 4.28. The van der Waals surface area contributed by atoms with E-state index in [4.69, 9.17) is 25.4 Å². The van der Waals surface area contributed by atoms with E-state index >= 15 is 19.2 Å². The second-order valence-corrected chi connectivity index (χ2v) is 34.0. The number of likely N-dealkylation sites (tertiary alicyclic amines) is 2. The number of nitrogens with two attached hydrogens (primary N) is 2. The number of anilines is 1. The molecule has 13 amide bonds. The number of primary amides is 1. The van der Waals surface area contributed by atoms with Crippen LogP contribution in [0.25, 0.3) is 33.4 Å². The van der Waals surface area contributed by atoms with E-state index in [0.717, 1.165) is 32.8 Å². The highest BCUT2D eigenvalue weighted by Gasteiger charge is 2.42. The number of phenols is 1. The standard InChI is InChI=1S/C87H117BrN14O22S/c1-57(2)27-40-100(76(109)48-91-30-26-83(116)117)54-81(114)97(37-11-35-94-33-9-15-74(94)107)50-78(111)96(36-10-34-93-32-8-14-73(93)106)51-79(112)99(39-13-43-123-58(3)4)52-80(113)98(38-12-42-122-5)53-82(115)101(41-28-59-16-18-60(88)19-17-59)55-77(110)95(31-7-6-29-89)49-72(105)92-68(85(90)118)56-125-71-47-75(108)102(86(71)119)61-20-23-64(67(44-61)87(120)121)84-65-24-21-62(103)45-69(65)124-70-46-63(104)22-25-66(70)84/h16-25,44-46,57-58,68,71,91,103H,6-15,26-43,47-56,89H2,1-5H3,(H2,90,118)(H,92,105)(H,116,117)(H,120,121)/t68-,71?/m0/s1. The average molecular weight is 1820 g/mol. The lowest BCUT2D eigenvalue weighted by Gasteiger charge is -2.33. The molecule has 2 atom stereocenters. The summed E-state index contributed by atoms with van der Waals surface area (Å²) in [5.41, 5.74) is 12.7. The van der Waals surface area contributed by atoms with Crippen molar-refractivity contribution < 1.29 is 101 Å². The van der Waals surface area contributed by atoms with Gasteiger partial charge in [-0.3, -0.25) is 71.9 Å². The number of rotatable bonds is 54. The van der Waals surface area contributed by atoms with Crippen molar-refractivity contribution in [2.45, 2.75) is 135 Å². The minimum atomic E-state index is -1.49. The van der Waals surface area contributed by atoms with E-state index in [2.05, 4.69) is 26.6 Å². The molecule has 9 N–H and O–H groups in total. The van der Waals surface area contributed by atoms with Crippen LogP contribution in [0.1, 0.15) is 127 Å². The minimum Gasteiger partial charge on any atom is -0.508 e. The summed E-state index contributed by atoms with van der Waals surface area (Å²) in [5, 5.41) is 34.8. The smallest absolute Gasteiger partial charge is 0.336 e. The van der Waals surface area contributed by atoms with Gasteiger partial charge in [-0.15, -0.1) is 11.8 Å². The van der Waals surface area contributed by atoms with Crippen LogP contribution in [-0.4, -0.2) is 329 Å². The van der Waals surface area contributed by atoms with Crippen LogP contribution in [0.5, 0.6) is 5.75 Å². The highest BCUT2D eigenvalue weighted by atomic mass is 79.9. The molecule has 1 aliphatic carbocycles. The van der Waals surface area contributed by atoms with Crippen LogP contribution in [0.3, 0.4) is 0 Å². The number of nitrogens with one attached hydrogen (secondary N) is 2. The van der Waals surface area contributed by atoms with Crippen LogP contribution < -0.4 is 32.4 Å². The number of phenolic OH excluding ortho intramolecular Hbond substituents is 1. The maximum Gasteiger partial charge on any atom is 0.336 e. The summed E-state index contributed by atoms with van der Waals surface area (Å²) in [5.74, 6) is -11.0. The maximum atomic E-state index is 15.3. The minimum absolute atomic E-state index is 0.00880. The Labute approximate surface area is 738 Å². The molecule has 3 fully saturated rings. The molecule has 0 saturated carbocycles. The first-order valence-corrected chi connectivity index (χ1v) is 44.2. The Morgan fingerprint density at radius 2 is 1.14 bits per heavy atom. The molecular formula is C87H117BrN14O22S. The molecule has 0 bridgehead atoms. The Kier molecular flexibility index (Phi) is 39.5. The third-order valence-corrected chi connectivity index (χ3v) is 23.4.